The molecule has 0 bridgehead atoms. The molecule has 27 heavy (non-hydrogen) atoms. The Bertz CT molecular complexity index is 518. The Labute approximate surface area is 183 Å². The molecule has 0 aliphatic carbocycles. The standard InChI is InChI=1S/C22H38N4.HI/c1-23-22(24-15-10-5-4-6-11-16-25(2)3)26-17-14-21(19-26)18-20-12-8-7-9-13-20;/h7-9,12-13,21H,4-6,10-11,14-19H2,1-3H3,(H,23,24);1H. The van der Waals surface area contributed by atoms with Gasteiger partial charge in [-0.25, -0.2) is 0 Å². The summed E-state index contributed by atoms with van der Waals surface area (Å²) in [5.41, 5.74) is 1.46. The van der Waals surface area contributed by atoms with Gasteiger partial charge >= 0.3 is 0 Å². The van der Waals surface area contributed by atoms with Crippen molar-refractivity contribution in [3.05, 3.63) is 35.9 Å². The van der Waals surface area contributed by atoms with Crippen molar-refractivity contribution in [3.8, 4) is 0 Å². The van der Waals surface area contributed by atoms with Crippen LogP contribution in [-0.4, -0.2) is 63.1 Å². The monoisotopic (exact) mass is 486 g/mol. The Hall–Kier alpha value is -0.820. The first-order chi connectivity index (χ1) is 12.7. The first kappa shape index (κ1) is 24.2. The number of nitrogens with one attached hydrogen (secondary N) is 1. The summed E-state index contributed by atoms with van der Waals surface area (Å²) in [6.07, 6.45) is 9.01. The van der Waals surface area contributed by atoms with Crippen LogP contribution >= 0.6 is 24.0 Å². The van der Waals surface area contributed by atoms with Crippen LogP contribution in [0.1, 0.15) is 44.1 Å². The number of aliphatic imine (C=N–C) groups is 1. The van der Waals surface area contributed by atoms with Crippen molar-refractivity contribution in [1.29, 1.82) is 0 Å². The molecule has 1 unspecified atom stereocenters. The minimum atomic E-state index is 0. The molecule has 1 aliphatic rings. The van der Waals surface area contributed by atoms with E-state index in [1.54, 1.807) is 0 Å². The lowest BCUT2D eigenvalue weighted by Crippen LogP contribution is -2.40. The van der Waals surface area contributed by atoms with Crippen molar-refractivity contribution in [1.82, 2.24) is 15.1 Å². The lowest BCUT2D eigenvalue weighted by Gasteiger charge is -2.21. The van der Waals surface area contributed by atoms with Crippen LogP contribution in [0.5, 0.6) is 0 Å². The Balaban J connectivity index is 0.00000364. The van der Waals surface area contributed by atoms with Gasteiger partial charge in [0.05, 0.1) is 0 Å². The van der Waals surface area contributed by atoms with Gasteiger partial charge in [0.2, 0.25) is 0 Å². The third-order valence-corrected chi connectivity index (χ3v) is 5.23. The molecule has 0 spiro atoms. The van der Waals surface area contributed by atoms with Crippen LogP contribution in [0, 0.1) is 5.92 Å². The van der Waals surface area contributed by atoms with E-state index in [0.29, 0.717) is 0 Å². The minimum Gasteiger partial charge on any atom is -0.356 e. The lowest BCUT2D eigenvalue weighted by atomic mass is 9.99. The highest BCUT2D eigenvalue weighted by Gasteiger charge is 2.24. The average Bonchev–Trinajstić information content (AvgIpc) is 3.09. The van der Waals surface area contributed by atoms with Gasteiger partial charge in [0.1, 0.15) is 0 Å². The summed E-state index contributed by atoms with van der Waals surface area (Å²) >= 11 is 0. The maximum absolute atomic E-state index is 4.50. The lowest BCUT2D eigenvalue weighted by molar-refractivity contribution is 0.389. The Morgan fingerprint density at radius 3 is 2.52 bits per heavy atom. The van der Waals surface area contributed by atoms with E-state index in [2.05, 4.69) is 64.5 Å². The number of nitrogens with zero attached hydrogens (tertiary/aromatic N) is 3. The first-order valence-corrected chi connectivity index (χ1v) is 10.3. The molecule has 5 heteroatoms. The summed E-state index contributed by atoms with van der Waals surface area (Å²) in [4.78, 5) is 9.21. The molecule has 1 saturated heterocycles. The predicted octanol–water partition coefficient (Wildman–Crippen LogP) is 4.26. The van der Waals surface area contributed by atoms with Crippen LogP contribution in [0.4, 0.5) is 0 Å². The van der Waals surface area contributed by atoms with Gasteiger partial charge in [-0.05, 0) is 57.8 Å². The van der Waals surface area contributed by atoms with E-state index >= 15 is 0 Å². The van der Waals surface area contributed by atoms with Gasteiger partial charge in [-0.15, -0.1) is 24.0 Å². The van der Waals surface area contributed by atoms with Gasteiger partial charge in [0.15, 0.2) is 5.96 Å². The number of halogens is 1. The van der Waals surface area contributed by atoms with Crippen LogP contribution in [0.3, 0.4) is 0 Å². The van der Waals surface area contributed by atoms with E-state index in [4.69, 9.17) is 0 Å². The van der Waals surface area contributed by atoms with E-state index in [-0.39, 0.29) is 24.0 Å². The number of hydrogen-bond acceptors (Lipinski definition) is 2. The fraction of sp³-hybridized carbons (Fsp3) is 0.682. The highest BCUT2D eigenvalue weighted by molar-refractivity contribution is 14.0. The molecular formula is C22H39IN4. The predicted molar refractivity (Wildman–Crippen MR) is 128 cm³/mol. The van der Waals surface area contributed by atoms with Crippen molar-refractivity contribution >= 4 is 29.9 Å². The smallest absolute Gasteiger partial charge is 0.193 e. The fourth-order valence-electron chi connectivity index (χ4n) is 3.75. The summed E-state index contributed by atoms with van der Waals surface area (Å²) in [6, 6.07) is 10.9. The third-order valence-electron chi connectivity index (χ3n) is 5.23. The van der Waals surface area contributed by atoms with E-state index in [1.165, 1.54) is 57.1 Å². The second-order valence-electron chi connectivity index (χ2n) is 7.84. The molecule has 0 radical (unpaired) electrons. The molecule has 1 heterocycles. The highest BCUT2D eigenvalue weighted by atomic mass is 127. The molecule has 1 fully saturated rings. The molecule has 1 atom stereocenters. The molecule has 0 saturated carbocycles. The van der Waals surface area contributed by atoms with Crippen LogP contribution in [0.2, 0.25) is 0 Å². The van der Waals surface area contributed by atoms with Crippen molar-refractivity contribution < 1.29 is 0 Å². The minimum absolute atomic E-state index is 0. The Morgan fingerprint density at radius 1 is 1.11 bits per heavy atom. The van der Waals surface area contributed by atoms with Crippen molar-refractivity contribution in [2.45, 2.75) is 44.9 Å². The molecule has 4 nitrogen and oxygen atoms in total. The zero-order valence-corrected chi connectivity index (χ0v) is 19.8. The number of hydrogen-bond donors (Lipinski definition) is 1. The quantitative estimate of drug-likeness (QED) is 0.232. The van der Waals surface area contributed by atoms with Gasteiger partial charge in [-0.1, -0.05) is 49.6 Å². The summed E-state index contributed by atoms with van der Waals surface area (Å²) in [5.74, 6) is 1.83. The number of rotatable bonds is 10. The van der Waals surface area contributed by atoms with Crippen LogP contribution < -0.4 is 5.32 Å². The van der Waals surface area contributed by atoms with E-state index in [9.17, 15) is 0 Å². The van der Waals surface area contributed by atoms with Crippen molar-refractivity contribution in [3.63, 3.8) is 0 Å². The van der Waals surface area contributed by atoms with E-state index in [0.717, 1.165) is 31.5 Å². The third kappa shape index (κ3) is 9.79. The van der Waals surface area contributed by atoms with Crippen molar-refractivity contribution in [2.24, 2.45) is 10.9 Å². The normalized spacial score (nSPS) is 17.3. The van der Waals surface area contributed by atoms with Gasteiger partial charge < -0.3 is 15.1 Å². The average molecular weight is 486 g/mol. The van der Waals surface area contributed by atoms with E-state index < -0.39 is 0 Å². The maximum atomic E-state index is 4.50. The zero-order chi connectivity index (χ0) is 18.6. The first-order valence-electron chi connectivity index (χ1n) is 10.3. The zero-order valence-electron chi connectivity index (χ0n) is 17.5. The molecule has 1 aromatic rings. The van der Waals surface area contributed by atoms with Gasteiger partial charge in [0.25, 0.3) is 0 Å². The highest BCUT2D eigenvalue weighted by Crippen LogP contribution is 2.20. The molecule has 2 rings (SSSR count). The topological polar surface area (TPSA) is 30.9 Å². The molecular weight excluding hydrogens is 447 g/mol. The van der Waals surface area contributed by atoms with Crippen LogP contribution in [-0.2, 0) is 6.42 Å². The fourth-order valence-corrected chi connectivity index (χ4v) is 3.75. The molecule has 1 aromatic carbocycles. The maximum Gasteiger partial charge on any atom is 0.193 e. The van der Waals surface area contributed by atoms with Crippen molar-refractivity contribution in [2.75, 3.05) is 47.3 Å². The number of likely N-dealkylation sites (tertiary alicyclic amines) is 1. The second-order valence-corrected chi connectivity index (χ2v) is 7.84. The summed E-state index contributed by atoms with van der Waals surface area (Å²) in [5, 5.41) is 3.57. The van der Waals surface area contributed by atoms with Crippen LogP contribution in [0.15, 0.2) is 35.3 Å². The largest absolute Gasteiger partial charge is 0.356 e. The molecule has 1 aliphatic heterocycles. The molecule has 0 amide bonds. The number of benzene rings is 1. The number of unbranched alkanes of at least 4 members (excludes halogenated alkanes) is 4. The van der Waals surface area contributed by atoms with Crippen LogP contribution in [0.25, 0.3) is 0 Å². The summed E-state index contributed by atoms with van der Waals surface area (Å²) in [6.45, 7) is 4.50. The number of guanidine groups is 1. The van der Waals surface area contributed by atoms with Gasteiger partial charge in [-0.3, -0.25) is 4.99 Å². The Morgan fingerprint density at radius 2 is 1.81 bits per heavy atom. The second kappa shape index (κ2) is 14.2. The SMILES string of the molecule is CN=C(NCCCCCCCN(C)C)N1CCC(Cc2ccccc2)C1.I. The van der Waals surface area contributed by atoms with E-state index in [1.807, 2.05) is 7.05 Å². The molecule has 1 N–H and O–H groups in total. The molecule has 0 aromatic heterocycles. The van der Waals surface area contributed by atoms with Gasteiger partial charge in [0, 0.05) is 26.7 Å². The molecule has 154 valence electrons. The Kier molecular flexibility index (Phi) is 12.8. The summed E-state index contributed by atoms with van der Waals surface area (Å²) < 4.78 is 0. The summed E-state index contributed by atoms with van der Waals surface area (Å²) in [7, 11) is 6.21. The van der Waals surface area contributed by atoms with Gasteiger partial charge in [-0.2, -0.15) is 0 Å².